The van der Waals surface area contributed by atoms with Gasteiger partial charge in [0.1, 0.15) is 10.8 Å². The average molecular weight is 348 g/mol. The van der Waals surface area contributed by atoms with E-state index in [4.69, 9.17) is 5.11 Å². The van der Waals surface area contributed by atoms with E-state index in [0.29, 0.717) is 35.7 Å². The number of likely N-dealkylation sites (tertiary alicyclic amines) is 1. The number of nitrogens with zero attached hydrogens (tertiary/aromatic N) is 2. The number of carboxylic acid groups (broad SMARTS) is 1. The van der Waals surface area contributed by atoms with Crippen molar-refractivity contribution in [2.75, 3.05) is 13.1 Å². The normalized spacial score (nSPS) is 17.7. The standard InChI is InChI=1S/C17H17FN2O3S/c18-14-6-2-1-5-13(14)16-19-12(10-24-16)8-15(21)20-7-3-4-11(9-20)17(22)23/h1-2,5-6,10-11H,3-4,7-9H2,(H,22,23)/t11-/m0/s1. The van der Waals surface area contributed by atoms with Crippen LogP contribution < -0.4 is 0 Å². The lowest BCUT2D eigenvalue weighted by Crippen LogP contribution is -2.43. The van der Waals surface area contributed by atoms with Crippen LogP contribution in [-0.2, 0) is 16.0 Å². The summed E-state index contributed by atoms with van der Waals surface area (Å²) in [6.45, 7) is 0.825. The molecule has 1 aromatic heterocycles. The van der Waals surface area contributed by atoms with Crippen molar-refractivity contribution >= 4 is 23.2 Å². The van der Waals surface area contributed by atoms with Crippen LogP contribution in [0.5, 0.6) is 0 Å². The first-order chi connectivity index (χ1) is 11.5. The summed E-state index contributed by atoms with van der Waals surface area (Å²) < 4.78 is 13.8. The number of carbonyl (C=O) groups excluding carboxylic acids is 1. The Morgan fingerprint density at radius 2 is 2.17 bits per heavy atom. The Morgan fingerprint density at radius 1 is 1.38 bits per heavy atom. The summed E-state index contributed by atoms with van der Waals surface area (Å²) in [6, 6.07) is 6.39. The zero-order valence-electron chi connectivity index (χ0n) is 12.9. The molecule has 2 heterocycles. The molecule has 1 aliphatic rings. The number of benzene rings is 1. The average Bonchev–Trinajstić information content (AvgIpc) is 3.03. The summed E-state index contributed by atoms with van der Waals surface area (Å²) in [5, 5.41) is 11.4. The maximum absolute atomic E-state index is 13.8. The Bertz CT molecular complexity index is 762. The molecule has 0 saturated carbocycles. The van der Waals surface area contributed by atoms with Gasteiger partial charge in [0.05, 0.1) is 18.0 Å². The van der Waals surface area contributed by atoms with Crippen molar-refractivity contribution in [3.63, 3.8) is 0 Å². The van der Waals surface area contributed by atoms with Crippen LogP contribution in [0.1, 0.15) is 18.5 Å². The number of aliphatic carboxylic acids is 1. The first-order valence-corrected chi connectivity index (χ1v) is 8.62. The number of hydrogen-bond donors (Lipinski definition) is 1. The Kier molecular flexibility index (Phi) is 4.89. The zero-order valence-corrected chi connectivity index (χ0v) is 13.8. The van der Waals surface area contributed by atoms with E-state index in [1.54, 1.807) is 28.5 Å². The number of amides is 1. The molecule has 126 valence electrons. The van der Waals surface area contributed by atoms with Gasteiger partial charge in [-0.15, -0.1) is 11.3 Å². The summed E-state index contributed by atoms with van der Waals surface area (Å²) in [5.74, 6) is -1.83. The highest BCUT2D eigenvalue weighted by atomic mass is 32.1. The molecule has 24 heavy (non-hydrogen) atoms. The SMILES string of the molecule is O=C(O)[C@H]1CCCN(C(=O)Cc2csc(-c3ccccc3F)n2)C1. The zero-order chi connectivity index (χ0) is 17.1. The molecular formula is C17H17FN2O3S. The fourth-order valence-corrected chi connectivity index (χ4v) is 3.66. The molecular weight excluding hydrogens is 331 g/mol. The van der Waals surface area contributed by atoms with Gasteiger partial charge in [0.2, 0.25) is 5.91 Å². The van der Waals surface area contributed by atoms with Crippen molar-refractivity contribution in [3.8, 4) is 10.6 Å². The van der Waals surface area contributed by atoms with E-state index in [1.807, 2.05) is 0 Å². The number of carbonyl (C=O) groups is 2. The van der Waals surface area contributed by atoms with Gasteiger partial charge in [0.15, 0.2) is 0 Å². The largest absolute Gasteiger partial charge is 0.481 e. The van der Waals surface area contributed by atoms with Crippen LogP contribution in [0.25, 0.3) is 10.6 Å². The van der Waals surface area contributed by atoms with Crippen LogP contribution in [0.15, 0.2) is 29.6 Å². The van der Waals surface area contributed by atoms with Gasteiger partial charge >= 0.3 is 5.97 Å². The van der Waals surface area contributed by atoms with Gasteiger partial charge in [-0.05, 0) is 25.0 Å². The molecule has 1 fully saturated rings. The molecule has 1 amide bonds. The molecule has 0 unspecified atom stereocenters. The van der Waals surface area contributed by atoms with E-state index in [2.05, 4.69) is 4.98 Å². The molecule has 2 aromatic rings. The number of carboxylic acids is 1. The van der Waals surface area contributed by atoms with Gasteiger partial charge in [-0.1, -0.05) is 12.1 Å². The first kappa shape index (κ1) is 16.6. The van der Waals surface area contributed by atoms with Crippen LogP contribution in [-0.4, -0.2) is 40.0 Å². The maximum Gasteiger partial charge on any atom is 0.308 e. The van der Waals surface area contributed by atoms with Crippen LogP contribution in [0.4, 0.5) is 4.39 Å². The molecule has 0 radical (unpaired) electrons. The van der Waals surface area contributed by atoms with Gasteiger partial charge in [-0.3, -0.25) is 9.59 Å². The summed E-state index contributed by atoms with van der Waals surface area (Å²) in [7, 11) is 0. The van der Waals surface area contributed by atoms with Gasteiger partial charge in [-0.25, -0.2) is 9.37 Å². The molecule has 5 nitrogen and oxygen atoms in total. The first-order valence-electron chi connectivity index (χ1n) is 7.74. The fraction of sp³-hybridized carbons (Fsp3) is 0.353. The third-order valence-electron chi connectivity index (χ3n) is 4.11. The van der Waals surface area contributed by atoms with Crippen molar-refractivity contribution in [1.82, 2.24) is 9.88 Å². The fourth-order valence-electron chi connectivity index (χ4n) is 2.82. The highest BCUT2D eigenvalue weighted by molar-refractivity contribution is 7.13. The quantitative estimate of drug-likeness (QED) is 0.922. The second-order valence-electron chi connectivity index (χ2n) is 5.82. The lowest BCUT2D eigenvalue weighted by atomic mass is 9.98. The van der Waals surface area contributed by atoms with Crippen LogP contribution >= 0.6 is 11.3 Å². The number of thiazole rings is 1. The van der Waals surface area contributed by atoms with Crippen molar-refractivity contribution in [2.24, 2.45) is 5.92 Å². The second-order valence-corrected chi connectivity index (χ2v) is 6.68. The third kappa shape index (κ3) is 3.62. The highest BCUT2D eigenvalue weighted by Crippen LogP contribution is 2.26. The van der Waals surface area contributed by atoms with E-state index in [1.165, 1.54) is 17.4 Å². The van der Waals surface area contributed by atoms with E-state index >= 15 is 0 Å². The predicted molar refractivity (Wildman–Crippen MR) is 88.2 cm³/mol. The molecule has 3 rings (SSSR count). The van der Waals surface area contributed by atoms with Crippen LogP contribution in [0.3, 0.4) is 0 Å². The minimum atomic E-state index is -0.858. The smallest absolute Gasteiger partial charge is 0.308 e. The predicted octanol–water partition coefficient (Wildman–Crippen LogP) is 2.81. The molecule has 1 aliphatic heterocycles. The molecule has 0 bridgehead atoms. The lowest BCUT2D eigenvalue weighted by molar-refractivity contribution is -0.145. The Morgan fingerprint density at radius 3 is 2.92 bits per heavy atom. The number of piperidine rings is 1. The summed E-state index contributed by atoms with van der Waals surface area (Å²) >= 11 is 1.29. The van der Waals surface area contributed by atoms with E-state index in [9.17, 15) is 14.0 Å². The van der Waals surface area contributed by atoms with Crippen molar-refractivity contribution in [2.45, 2.75) is 19.3 Å². The summed E-state index contributed by atoms with van der Waals surface area (Å²) in [4.78, 5) is 29.4. The summed E-state index contributed by atoms with van der Waals surface area (Å²) in [6.07, 6.45) is 1.41. The Balaban J connectivity index is 1.67. The molecule has 0 spiro atoms. The lowest BCUT2D eigenvalue weighted by Gasteiger charge is -2.30. The number of aromatic nitrogens is 1. The summed E-state index contributed by atoms with van der Waals surface area (Å²) in [5.41, 5.74) is 1.01. The van der Waals surface area contributed by atoms with Crippen LogP contribution in [0, 0.1) is 11.7 Å². The maximum atomic E-state index is 13.8. The second kappa shape index (κ2) is 7.09. The van der Waals surface area contributed by atoms with Gasteiger partial charge < -0.3 is 10.0 Å². The number of rotatable bonds is 4. The number of halogens is 1. The van der Waals surface area contributed by atoms with Gasteiger partial charge in [-0.2, -0.15) is 0 Å². The highest BCUT2D eigenvalue weighted by Gasteiger charge is 2.28. The molecule has 1 atom stereocenters. The van der Waals surface area contributed by atoms with E-state index in [-0.39, 0.29) is 24.7 Å². The Hall–Kier alpha value is -2.28. The van der Waals surface area contributed by atoms with Crippen LogP contribution in [0.2, 0.25) is 0 Å². The van der Waals surface area contributed by atoms with Crippen molar-refractivity contribution < 1.29 is 19.1 Å². The number of hydrogen-bond acceptors (Lipinski definition) is 4. The molecule has 1 aromatic carbocycles. The minimum Gasteiger partial charge on any atom is -0.481 e. The third-order valence-corrected chi connectivity index (χ3v) is 5.04. The van der Waals surface area contributed by atoms with Crippen molar-refractivity contribution in [1.29, 1.82) is 0 Å². The van der Waals surface area contributed by atoms with E-state index < -0.39 is 11.9 Å². The molecule has 1 N–H and O–H groups in total. The topological polar surface area (TPSA) is 70.5 Å². The Labute approximate surface area is 142 Å². The monoisotopic (exact) mass is 348 g/mol. The minimum absolute atomic E-state index is 0.108. The van der Waals surface area contributed by atoms with Gasteiger partial charge in [0.25, 0.3) is 0 Å². The van der Waals surface area contributed by atoms with E-state index in [0.717, 1.165) is 0 Å². The van der Waals surface area contributed by atoms with Crippen molar-refractivity contribution in [3.05, 3.63) is 41.2 Å². The molecule has 1 saturated heterocycles. The molecule has 7 heteroatoms. The van der Waals surface area contributed by atoms with Gasteiger partial charge in [0, 0.05) is 24.0 Å². The molecule has 0 aliphatic carbocycles.